The van der Waals surface area contributed by atoms with Crippen LogP contribution < -0.4 is 9.80 Å². The predicted octanol–water partition coefficient (Wildman–Crippen LogP) is 3.70. The maximum atomic E-state index is 5.47. The van der Waals surface area contributed by atoms with Gasteiger partial charge in [0.25, 0.3) is 0 Å². The van der Waals surface area contributed by atoms with Crippen molar-refractivity contribution in [1.82, 2.24) is 9.97 Å². The Morgan fingerprint density at radius 1 is 1.00 bits per heavy atom. The summed E-state index contributed by atoms with van der Waals surface area (Å²) < 4.78 is 5.47. The fourth-order valence-corrected chi connectivity index (χ4v) is 4.20. The van der Waals surface area contributed by atoms with Crippen LogP contribution in [-0.4, -0.2) is 48.9 Å². The second kappa shape index (κ2) is 9.18. The highest BCUT2D eigenvalue weighted by molar-refractivity contribution is 5.44. The van der Waals surface area contributed by atoms with Crippen molar-refractivity contribution in [3.05, 3.63) is 48.2 Å². The first-order chi connectivity index (χ1) is 13.4. The summed E-state index contributed by atoms with van der Waals surface area (Å²) in [6.45, 7) is 4.47. The fraction of sp³-hybridized carbons (Fsp3) is 0.545. The largest absolute Gasteiger partial charge is 0.378 e. The highest BCUT2D eigenvalue weighted by Gasteiger charge is 2.25. The second-order valence-electron chi connectivity index (χ2n) is 7.54. The van der Waals surface area contributed by atoms with Crippen LogP contribution in [0.15, 0.2) is 42.6 Å². The van der Waals surface area contributed by atoms with Crippen LogP contribution in [0, 0.1) is 0 Å². The van der Waals surface area contributed by atoms with Crippen LogP contribution in [0.4, 0.5) is 11.8 Å². The topological polar surface area (TPSA) is 41.5 Å². The summed E-state index contributed by atoms with van der Waals surface area (Å²) in [5, 5.41) is 0. The lowest BCUT2D eigenvalue weighted by Crippen LogP contribution is -2.41. The van der Waals surface area contributed by atoms with Crippen molar-refractivity contribution in [3.63, 3.8) is 0 Å². The van der Waals surface area contributed by atoms with Gasteiger partial charge in [-0.05, 0) is 50.2 Å². The number of piperidine rings is 1. The van der Waals surface area contributed by atoms with Gasteiger partial charge in [0.15, 0.2) is 0 Å². The summed E-state index contributed by atoms with van der Waals surface area (Å²) in [6, 6.07) is 13.4. The van der Waals surface area contributed by atoms with E-state index < -0.39 is 0 Å². The van der Waals surface area contributed by atoms with Gasteiger partial charge in [0.05, 0.1) is 13.2 Å². The molecule has 5 heteroatoms. The third-order valence-electron chi connectivity index (χ3n) is 5.69. The van der Waals surface area contributed by atoms with Crippen molar-refractivity contribution >= 4 is 11.8 Å². The van der Waals surface area contributed by atoms with E-state index in [1.54, 1.807) is 0 Å². The molecule has 144 valence electrons. The van der Waals surface area contributed by atoms with Gasteiger partial charge in [-0.15, -0.1) is 0 Å². The molecule has 0 spiro atoms. The first-order valence-corrected chi connectivity index (χ1v) is 10.4. The molecule has 0 saturated carbocycles. The lowest BCUT2D eigenvalue weighted by Gasteiger charge is -2.36. The first kappa shape index (κ1) is 18.2. The molecule has 27 heavy (non-hydrogen) atoms. The number of ether oxygens (including phenoxy) is 1. The molecule has 3 heterocycles. The Labute approximate surface area is 162 Å². The van der Waals surface area contributed by atoms with Gasteiger partial charge in [0, 0.05) is 31.9 Å². The van der Waals surface area contributed by atoms with E-state index in [2.05, 4.69) is 45.1 Å². The van der Waals surface area contributed by atoms with Crippen LogP contribution in [0.3, 0.4) is 0 Å². The Kier molecular flexibility index (Phi) is 6.20. The number of aryl methyl sites for hydroxylation is 1. The molecule has 1 aromatic heterocycles. The van der Waals surface area contributed by atoms with Gasteiger partial charge in [-0.25, -0.2) is 4.98 Å². The third kappa shape index (κ3) is 4.78. The van der Waals surface area contributed by atoms with Crippen molar-refractivity contribution in [2.75, 3.05) is 42.6 Å². The molecule has 5 nitrogen and oxygen atoms in total. The van der Waals surface area contributed by atoms with Crippen LogP contribution in [0.5, 0.6) is 0 Å². The number of nitrogens with zero attached hydrogens (tertiary/aromatic N) is 4. The second-order valence-corrected chi connectivity index (χ2v) is 7.54. The Morgan fingerprint density at radius 3 is 2.70 bits per heavy atom. The molecule has 2 fully saturated rings. The monoisotopic (exact) mass is 366 g/mol. The summed E-state index contributed by atoms with van der Waals surface area (Å²) in [6.07, 6.45) is 9.30. The lowest BCUT2D eigenvalue weighted by molar-refractivity contribution is 0.122. The minimum atomic E-state index is 0.558. The minimum absolute atomic E-state index is 0.558. The van der Waals surface area contributed by atoms with Gasteiger partial charge in [-0.2, -0.15) is 4.98 Å². The third-order valence-corrected chi connectivity index (χ3v) is 5.69. The van der Waals surface area contributed by atoms with Crippen molar-refractivity contribution in [2.45, 2.75) is 44.6 Å². The summed E-state index contributed by atoms with van der Waals surface area (Å²) >= 11 is 0. The van der Waals surface area contributed by atoms with E-state index in [0.717, 1.165) is 51.0 Å². The molecule has 2 aliphatic rings. The highest BCUT2D eigenvalue weighted by atomic mass is 16.5. The molecule has 2 saturated heterocycles. The summed E-state index contributed by atoms with van der Waals surface area (Å²) in [5.41, 5.74) is 1.44. The summed E-state index contributed by atoms with van der Waals surface area (Å²) in [4.78, 5) is 14.3. The summed E-state index contributed by atoms with van der Waals surface area (Å²) in [5.74, 6) is 1.94. The van der Waals surface area contributed by atoms with E-state index >= 15 is 0 Å². The molecule has 0 aliphatic carbocycles. The number of benzene rings is 1. The summed E-state index contributed by atoms with van der Waals surface area (Å²) in [7, 11) is 0. The van der Waals surface area contributed by atoms with Crippen molar-refractivity contribution in [3.8, 4) is 0 Å². The van der Waals surface area contributed by atoms with Crippen LogP contribution in [0.25, 0.3) is 0 Å². The Bertz CT molecular complexity index is 702. The van der Waals surface area contributed by atoms with Crippen molar-refractivity contribution < 1.29 is 4.74 Å². The van der Waals surface area contributed by atoms with Gasteiger partial charge in [-0.3, -0.25) is 0 Å². The number of hydrogen-bond donors (Lipinski definition) is 0. The number of aromatic nitrogens is 2. The standard InChI is InChI=1S/C22H30N4O/c1-2-7-19(8-3-1)9-6-11-20-10-4-5-14-26(20)22-23-13-12-21(24-22)25-15-17-27-18-16-25/h1-3,7-8,12-13,20H,4-6,9-11,14-18H2/t20-/m1/s1. The molecule has 0 radical (unpaired) electrons. The van der Waals surface area contributed by atoms with Crippen LogP contribution >= 0.6 is 0 Å². The quantitative estimate of drug-likeness (QED) is 0.780. The van der Waals surface area contributed by atoms with E-state index in [1.807, 2.05) is 12.3 Å². The molecule has 2 aromatic rings. The zero-order valence-corrected chi connectivity index (χ0v) is 16.1. The minimum Gasteiger partial charge on any atom is -0.378 e. The average molecular weight is 367 g/mol. The molecule has 4 rings (SSSR count). The normalized spacial score (nSPS) is 20.7. The van der Waals surface area contributed by atoms with Gasteiger partial charge in [0.2, 0.25) is 5.95 Å². The number of hydrogen-bond acceptors (Lipinski definition) is 5. The smallest absolute Gasteiger partial charge is 0.227 e. The molecule has 2 aliphatic heterocycles. The van der Waals surface area contributed by atoms with Crippen LogP contribution in [-0.2, 0) is 11.2 Å². The number of anilines is 2. The SMILES string of the molecule is c1ccc(CCC[C@H]2CCCCN2c2nccc(N3CCOCC3)n2)cc1. The molecular formula is C22H30N4O. The van der Waals surface area contributed by atoms with E-state index in [-0.39, 0.29) is 0 Å². The lowest BCUT2D eigenvalue weighted by atomic mass is 9.96. The molecular weight excluding hydrogens is 336 g/mol. The van der Waals surface area contributed by atoms with Gasteiger partial charge >= 0.3 is 0 Å². The van der Waals surface area contributed by atoms with Crippen LogP contribution in [0.2, 0.25) is 0 Å². The van der Waals surface area contributed by atoms with Crippen molar-refractivity contribution in [1.29, 1.82) is 0 Å². The molecule has 1 atom stereocenters. The van der Waals surface area contributed by atoms with E-state index in [0.29, 0.717) is 6.04 Å². The fourth-order valence-electron chi connectivity index (χ4n) is 4.20. The zero-order valence-electron chi connectivity index (χ0n) is 16.1. The molecule has 0 amide bonds. The maximum Gasteiger partial charge on any atom is 0.227 e. The van der Waals surface area contributed by atoms with Gasteiger partial charge in [0.1, 0.15) is 5.82 Å². The van der Waals surface area contributed by atoms with Crippen molar-refractivity contribution in [2.24, 2.45) is 0 Å². The molecule has 1 aromatic carbocycles. The van der Waals surface area contributed by atoms with Crippen LogP contribution in [0.1, 0.15) is 37.7 Å². The number of rotatable bonds is 6. The maximum absolute atomic E-state index is 5.47. The van der Waals surface area contributed by atoms with Gasteiger partial charge in [-0.1, -0.05) is 30.3 Å². The average Bonchev–Trinajstić information content (AvgIpc) is 2.76. The zero-order chi connectivity index (χ0) is 18.3. The molecule has 0 N–H and O–H groups in total. The highest BCUT2D eigenvalue weighted by Crippen LogP contribution is 2.26. The van der Waals surface area contributed by atoms with Gasteiger partial charge < -0.3 is 14.5 Å². The first-order valence-electron chi connectivity index (χ1n) is 10.4. The molecule has 0 unspecified atom stereocenters. The molecule has 0 bridgehead atoms. The predicted molar refractivity (Wildman–Crippen MR) is 109 cm³/mol. The Morgan fingerprint density at radius 2 is 1.85 bits per heavy atom. The Balaban J connectivity index is 1.41. The van der Waals surface area contributed by atoms with E-state index in [1.165, 1.54) is 37.7 Å². The Hall–Kier alpha value is -2.14. The van der Waals surface area contributed by atoms with E-state index in [4.69, 9.17) is 9.72 Å². The van der Waals surface area contributed by atoms with E-state index in [9.17, 15) is 0 Å². The number of morpholine rings is 1.